The molecule has 2 aromatic rings. The van der Waals surface area contributed by atoms with Crippen molar-refractivity contribution in [3.05, 3.63) is 30.3 Å². The molecular formula is C9H9N3. The van der Waals surface area contributed by atoms with Gasteiger partial charge in [-0.25, -0.2) is 4.98 Å². The summed E-state index contributed by atoms with van der Waals surface area (Å²) in [5, 5.41) is 0.951. The van der Waals surface area contributed by atoms with Crippen molar-refractivity contribution in [3.8, 4) is 0 Å². The van der Waals surface area contributed by atoms with E-state index < -0.39 is 0 Å². The molecule has 0 amide bonds. The molecule has 3 nitrogen and oxygen atoms in total. The van der Waals surface area contributed by atoms with Crippen LogP contribution in [0, 0.1) is 0 Å². The molecule has 0 saturated carbocycles. The molecule has 0 saturated heterocycles. The highest BCUT2D eigenvalue weighted by Gasteiger charge is 1.98. The Morgan fingerprint density at radius 3 is 2.67 bits per heavy atom. The van der Waals surface area contributed by atoms with Crippen molar-refractivity contribution in [2.75, 3.05) is 11.5 Å². The maximum Gasteiger partial charge on any atom is 0.126 e. The van der Waals surface area contributed by atoms with Crippen molar-refractivity contribution in [3.63, 3.8) is 0 Å². The number of benzene rings is 1. The van der Waals surface area contributed by atoms with Crippen molar-refractivity contribution < 1.29 is 0 Å². The summed E-state index contributed by atoms with van der Waals surface area (Å²) in [4.78, 5) is 4.13. The standard InChI is InChI=1S/C9H9N3/c10-7-5-9(11)12-8-4-2-1-3-6(7)8/h1-5H,(H4,10,11,12). The zero-order valence-electron chi connectivity index (χ0n) is 6.49. The third kappa shape index (κ3) is 0.955. The molecular weight excluding hydrogens is 150 g/mol. The Labute approximate surface area is 70.0 Å². The number of nitrogens with zero attached hydrogens (tertiary/aromatic N) is 1. The monoisotopic (exact) mass is 159 g/mol. The summed E-state index contributed by atoms with van der Waals surface area (Å²) in [5.74, 6) is 0.464. The number of fused-ring (bicyclic) bond motifs is 1. The lowest BCUT2D eigenvalue weighted by molar-refractivity contribution is 1.42. The van der Waals surface area contributed by atoms with Crippen LogP contribution in [0.2, 0.25) is 0 Å². The first-order valence-electron chi connectivity index (χ1n) is 3.68. The first-order valence-corrected chi connectivity index (χ1v) is 3.68. The summed E-state index contributed by atoms with van der Waals surface area (Å²) in [7, 11) is 0. The maximum atomic E-state index is 5.74. The fraction of sp³-hybridized carbons (Fsp3) is 0. The predicted octanol–water partition coefficient (Wildman–Crippen LogP) is 1.40. The molecule has 60 valence electrons. The lowest BCUT2D eigenvalue weighted by atomic mass is 10.2. The first kappa shape index (κ1) is 6.91. The smallest absolute Gasteiger partial charge is 0.126 e. The normalized spacial score (nSPS) is 10.3. The number of hydrogen-bond acceptors (Lipinski definition) is 3. The quantitative estimate of drug-likeness (QED) is 0.610. The van der Waals surface area contributed by atoms with Gasteiger partial charge in [0.15, 0.2) is 0 Å². The SMILES string of the molecule is Nc1cc(N)c2ccccc2n1. The number of hydrogen-bond donors (Lipinski definition) is 2. The van der Waals surface area contributed by atoms with Crippen LogP contribution in [0.25, 0.3) is 10.9 Å². The predicted molar refractivity (Wildman–Crippen MR) is 50.6 cm³/mol. The zero-order chi connectivity index (χ0) is 8.55. The Bertz CT molecular complexity index is 423. The minimum atomic E-state index is 0.464. The molecule has 0 atom stereocenters. The van der Waals surface area contributed by atoms with Crippen LogP contribution in [-0.4, -0.2) is 4.98 Å². The molecule has 2 rings (SSSR count). The molecule has 0 radical (unpaired) electrons. The fourth-order valence-electron chi connectivity index (χ4n) is 1.22. The molecule has 0 aliphatic rings. The Hall–Kier alpha value is -1.77. The van der Waals surface area contributed by atoms with Gasteiger partial charge < -0.3 is 11.5 Å². The molecule has 0 fully saturated rings. The van der Waals surface area contributed by atoms with E-state index in [2.05, 4.69) is 4.98 Å². The van der Waals surface area contributed by atoms with E-state index in [-0.39, 0.29) is 0 Å². The highest BCUT2D eigenvalue weighted by Crippen LogP contribution is 2.20. The molecule has 0 unspecified atom stereocenters. The number of aromatic nitrogens is 1. The lowest BCUT2D eigenvalue weighted by Gasteiger charge is -2.01. The summed E-state index contributed by atoms with van der Waals surface area (Å²) in [5.41, 5.74) is 12.8. The molecule has 12 heavy (non-hydrogen) atoms. The summed E-state index contributed by atoms with van der Waals surface area (Å²) in [6.45, 7) is 0. The van der Waals surface area contributed by atoms with Crippen molar-refractivity contribution in [2.45, 2.75) is 0 Å². The fourth-order valence-corrected chi connectivity index (χ4v) is 1.22. The van der Waals surface area contributed by atoms with Gasteiger partial charge in [-0.05, 0) is 6.07 Å². The molecule has 1 aromatic carbocycles. The van der Waals surface area contributed by atoms with E-state index in [1.807, 2.05) is 24.3 Å². The third-order valence-corrected chi connectivity index (χ3v) is 1.77. The van der Waals surface area contributed by atoms with E-state index in [1.54, 1.807) is 6.07 Å². The summed E-state index contributed by atoms with van der Waals surface area (Å²) >= 11 is 0. The van der Waals surface area contributed by atoms with Gasteiger partial charge in [0.2, 0.25) is 0 Å². The number of para-hydroxylation sites is 1. The van der Waals surface area contributed by atoms with E-state index >= 15 is 0 Å². The van der Waals surface area contributed by atoms with Crippen molar-refractivity contribution in [1.29, 1.82) is 0 Å². The van der Waals surface area contributed by atoms with Crippen LogP contribution in [-0.2, 0) is 0 Å². The molecule has 0 bridgehead atoms. The van der Waals surface area contributed by atoms with Gasteiger partial charge in [0.25, 0.3) is 0 Å². The molecule has 0 aliphatic carbocycles. The van der Waals surface area contributed by atoms with Gasteiger partial charge in [-0.1, -0.05) is 18.2 Å². The summed E-state index contributed by atoms with van der Waals surface area (Å²) < 4.78 is 0. The Kier molecular flexibility index (Phi) is 1.37. The lowest BCUT2D eigenvalue weighted by Crippen LogP contribution is -1.94. The third-order valence-electron chi connectivity index (χ3n) is 1.77. The van der Waals surface area contributed by atoms with E-state index in [4.69, 9.17) is 11.5 Å². The second-order valence-electron chi connectivity index (χ2n) is 2.65. The van der Waals surface area contributed by atoms with Gasteiger partial charge in [0, 0.05) is 17.1 Å². The summed E-state index contributed by atoms with van der Waals surface area (Å²) in [6.07, 6.45) is 0. The minimum Gasteiger partial charge on any atom is -0.398 e. The maximum absolute atomic E-state index is 5.74. The van der Waals surface area contributed by atoms with Crippen LogP contribution < -0.4 is 11.5 Å². The minimum absolute atomic E-state index is 0.464. The van der Waals surface area contributed by atoms with Gasteiger partial charge in [0.05, 0.1) is 5.52 Å². The average Bonchev–Trinajstić information content (AvgIpc) is 2.04. The molecule has 1 heterocycles. The zero-order valence-corrected chi connectivity index (χ0v) is 6.49. The van der Waals surface area contributed by atoms with Crippen LogP contribution in [0.3, 0.4) is 0 Å². The van der Waals surface area contributed by atoms with E-state index in [0.29, 0.717) is 11.5 Å². The molecule has 0 spiro atoms. The number of pyridine rings is 1. The van der Waals surface area contributed by atoms with Crippen LogP contribution in [0.15, 0.2) is 30.3 Å². The van der Waals surface area contributed by atoms with Gasteiger partial charge in [0.1, 0.15) is 5.82 Å². The molecule has 3 heteroatoms. The van der Waals surface area contributed by atoms with Gasteiger partial charge >= 0.3 is 0 Å². The highest BCUT2D eigenvalue weighted by atomic mass is 14.8. The Morgan fingerprint density at radius 2 is 1.83 bits per heavy atom. The molecule has 1 aromatic heterocycles. The molecule has 0 aliphatic heterocycles. The van der Waals surface area contributed by atoms with Gasteiger partial charge in [-0.15, -0.1) is 0 Å². The number of anilines is 2. The van der Waals surface area contributed by atoms with E-state index in [0.717, 1.165) is 10.9 Å². The summed E-state index contributed by atoms with van der Waals surface area (Å²) in [6, 6.07) is 9.33. The number of nitrogens with two attached hydrogens (primary N) is 2. The van der Waals surface area contributed by atoms with Crippen LogP contribution >= 0.6 is 0 Å². The molecule has 4 N–H and O–H groups in total. The number of nitrogen functional groups attached to an aromatic ring is 2. The number of rotatable bonds is 0. The van der Waals surface area contributed by atoms with Crippen LogP contribution in [0.4, 0.5) is 11.5 Å². The van der Waals surface area contributed by atoms with Crippen molar-refractivity contribution >= 4 is 22.4 Å². The first-order chi connectivity index (χ1) is 5.77. The Balaban J connectivity index is 2.89. The Morgan fingerprint density at radius 1 is 1.08 bits per heavy atom. The highest BCUT2D eigenvalue weighted by molar-refractivity contribution is 5.91. The van der Waals surface area contributed by atoms with E-state index in [1.165, 1.54) is 0 Å². The average molecular weight is 159 g/mol. The largest absolute Gasteiger partial charge is 0.398 e. The topological polar surface area (TPSA) is 64.9 Å². The van der Waals surface area contributed by atoms with Crippen molar-refractivity contribution in [2.24, 2.45) is 0 Å². The second kappa shape index (κ2) is 2.37. The van der Waals surface area contributed by atoms with Crippen molar-refractivity contribution in [1.82, 2.24) is 4.98 Å². The van der Waals surface area contributed by atoms with Crippen LogP contribution in [0.1, 0.15) is 0 Å². The van der Waals surface area contributed by atoms with Gasteiger partial charge in [-0.3, -0.25) is 0 Å². The van der Waals surface area contributed by atoms with Gasteiger partial charge in [-0.2, -0.15) is 0 Å². The van der Waals surface area contributed by atoms with E-state index in [9.17, 15) is 0 Å². The second-order valence-corrected chi connectivity index (χ2v) is 2.65. The van der Waals surface area contributed by atoms with Crippen LogP contribution in [0.5, 0.6) is 0 Å².